The van der Waals surface area contributed by atoms with Crippen molar-refractivity contribution < 1.29 is 42.1 Å². The minimum absolute atomic E-state index is 0.0306. The molecule has 7 rings (SSSR count). The number of pyridine rings is 1. The molecule has 2 aromatic heterocycles. The van der Waals surface area contributed by atoms with Crippen molar-refractivity contribution in [1.29, 1.82) is 0 Å². The van der Waals surface area contributed by atoms with Gasteiger partial charge in [-0.2, -0.15) is 0 Å². The van der Waals surface area contributed by atoms with Crippen LogP contribution in [0.5, 0.6) is 5.88 Å². The zero-order valence-corrected chi connectivity index (χ0v) is 30.8. The highest BCUT2D eigenvalue weighted by atomic mass is 35.5. The first kappa shape index (κ1) is 37.8. The summed E-state index contributed by atoms with van der Waals surface area (Å²) in [5.41, 5.74) is 2.84. The van der Waals surface area contributed by atoms with Gasteiger partial charge in [0.25, 0.3) is 11.8 Å². The topological polar surface area (TPSA) is 139 Å². The van der Waals surface area contributed by atoms with Crippen LogP contribution in [0.1, 0.15) is 59.0 Å². The molecule has 3 radical (unpaired) electrons. The molecule has 0 aliphatic carbocycles. The molecule has 0 saturated carbocycles. The van der Waals surface area contributed by atoms with Gasteiger partial charge in [-0.25, -0.2) is 27.9 Å². The highest BCUT2D eigenvalue weighted by molar-refractivity contribution is 6.30. The van der Waals surface area contributed by atoms with E-state index in [2.05, 4.69) is 25.0 Å². The molecule has 3 aliphatic heterocycles. The summed E-state index contributed by atoms with van der Waals surface area (Å²) in [5.74, 6) is -5.41. The second-order valence-corrected chi connectivity index (χ2v) is 15.4. The highest BCUT2D eigenvalue weighted by Crippen LogP contribution is 2.33. The van der Waals surface area contributed by atoms with Gasteiger partial charge >= 0.3 is 5.97 Å². The number of ether oxygens (including phenoxy) is 2. The Morgan fingerprint density at radius 3 is 2.57 bits per heavy atom. The first-order valence-corrected chi connectivity index (χ1v) is 18.5. The van der Waals surface area contributed by atoms with Crippen molar-refractivity contribution >= 4 is 50.7 Å². The number of carboxylic acid groups (broad SMARTS) is 1. The van der Waals surface area contributed by atoms with Crippen LogP contribution >= 0.6 is 11.6 Å². The number of fused-ring (bicyclic) bond motifs is 1. The van der Waals surface area contributed by atoms with Gasteiger partial charge in [-0.3, -0.25) is 14.5 Å². The SMILES string of the molecule is O=C(NCC(=O)N1CC(F)(F)C[C@H]1C(=O)O)c1ccc2c(c1)nc(CN1CCC(c3cccc(OCc4ccc(Cl)cc4F)n3)CC1)n2C[C@]1([Si])CCO1. The first-order valence-electron chi connectivity index (χ1n) is 17.6. The number of hydrogen-bond donors (Lipinski definition) is 2. The summed E-state index contributed by atoms with van der Waals surface area (Å²) in [6, 6.07) is 13.4. The van der Waals surface area contributed by atoms with Gasteiger partial charge in [0.2, 0.25) is 11.8 Å². The quantitative estimate of drug-likeness (QED) is 0.199. The molecule has 12 nitrogen and oxygen atoms in total. The van der Waals surface area contributed by atoms with E-state index in [9.17, 15) is 32.7 Å². The van der Waals surface area contributed by atoms with Gasteiger partial charge in [0, 0.05) is 53.4 Å². The van der Waals surface area contributed by atoms with Crippen LogP contribution in [0.2, 0.25) is 5.02 Å². The van der Waals surface area contributed by atoms with Crippen molar-refractivity contribution in [2.75, 3.05) is 32.8 Å². The lowest BCUT2D eigenvalue weighted by Crippen LogP contribution is -2.48. The van der Waals surface area contributed by atoms with Crippen LogP contribution in [-0.2, 0) is 34.0 Å². The zero-order chi connectivity index (χ0) is 38.2. The predicted molar refractivity (Wildman–Crippen MR) is 191 cm³/mol. The Balaban J connectivity index is 1.000. The smallest absolute Gasteiger partial charge is 0.326 e. The third-order valence-corrected chi connectivity index (χ3v) is 11.0. The van der Waals surface area contributed by atoms with Crippen LogP contribution in [0.15, 0.2) is 54.6 Å². The Labute approximate surface area is 317 Å². The molecule has 283 valence electrons. The average molecular weight is 782 g/mol. The van der Waals surface area contributed by atoms with Crippen LogP contribution < -0.4 is 10.1 Å². The van der Waals surface area contributed by atoms with E-state index in [1.807, 2.05) is 12.1 Å². The molecule has 3 saturated heterocycles. The maximum Gasteiger partial charge on any atom is 0.326 e. The third kappa shape index (κ3) is 8.41. The monoisotopic (exact) mass is 781 g/mol. The fraction of sp³-hybridized carbons (Fsp3) is 0.432. The molecule has 54 heavy (non-hydrogen) atoms. The summed E-state index contributed by atoms with van der Waals surface area (Å²) in [7, 11) is 3.78. The number of imidazole rings is 1. The van der Waals surface area contributed by atoms with E-state index >= 15 is 0 Å². The predicted octanol–water partition coefficient (Wildman–Crippen LogP) is 4.52. The largest absolute Gasteiger partial charge is 0.480 e. The van der Waals surface area contributed by atoms with Gasteiger partial charge in [-0.05, 0) is 68.8 Å². The van der Waals surface area contributed by atoms with Gasteiger partial charge in [0.15, 0.2) is 0 Å². The summed E-state index contributed by atoms with van der Waals surface area (Å²) in [4.78, 5) is 49.7. The standard InChI is InChI=1S/C37H37ClF3N6O6Si/c38-25-6-4-24(26(39)15-25)19-52-32-3-1-2-27(44-32)22-8-11-45(12-9-22)18-31-43-28-14-23(5-7-29(28)46(31)21-37(54)10-13-53-37)34(49)42-17-33(48)47-20-36(40,41)16-30(47)35(50)51/h1-7,14-15,22,30H,8-13,16-21H2,(H,42,49)(H,50,51)/t30-,37+/m0/s1. The summed E-state index contributed by atoms with van der Waals surface area (Å²) < 4.78 is 55.7. The summed E-state index contributed by atoms with van der Waals surface area (Å²) >= 11 is 5.86. The molecule has 2 N–H and O–H groups in total. The number of rotatable bonds is 12. The maximum atomic E-state index is 14.2. The van der Waals surface area contributed by atoms with Gasteiger partial charge < -0.3 is 29.4 Å². The Kier molecular flexibility index (Phi) is 10.7. The van der Waals surface area contributed by atoms with Gasteiger partial charge in [0.1, 0.15) is 24.3 Å². The van der Waals surface area contributed by atoms with E-state index in [-0.39, 0.29) is 18.1 Å². The number of amides is 2. The summed E-state index contributed by atoms with van der Waals surface area (Å²) in [5, 5.41) is 11.5. The Morgan fingerprint density at radius 2 is 1.87 bits per heavy atom. The van der Waals surface area contributed by atoms with E-state index in [1.54, 1.807) is 36.4 Å². The van der Waals surface area contributed by atoms with Crippen molar-refractivity contribution in [3.63, 3.8) is 0 Å². The third-order valence-electron chi connectivity index (χ3n) is 10.2. The number of hydrogen-bond acceptors (Lipinski definition) is 8. The molecule has 3 aliphatic rings. The van der Waals surface area contributed by atoms with Crippen molar-refractivity contribution in [2.24, 2.45) is 0 Å². The van der Waals surface area contributed by atoms with Crippen LogP contribution in [0.3, 0.4) is 0 Å². The number of nitrogens with one attached hydrogen (secondary N) is 1. The molecule has 5 heterocycles. The van der Waals surface area contributed by atoms with Gasteiger partial charge in [-0.15, -0.1) is 0 Å². The average Bonchev–Trinajstić information content (AvgIpc) is 3.65. The molecule has 2 amide bonds. The maximum absolute atomic E-state index is 14.2. The second kappa shape index (κ2) is 15.3. The number of carboxylic acids is 1. The van der Waals surface area contributed by atoms with Crippen LogP contribution in [0.25, 0.3) is 11.0 Å². The molecule has 17 heteroatoms. The number of alkyl halides is 2. The molecule has 0 spiro atoms. The van der Waals surface area contributed by atoms with Gasteiger partial charge in [0.05, 0.1) is 46.1 Å². The molecule has 0 bridgehead atoms. The lowest BCUT2D eigenvalue weighted by molar-refractivity contribution is -0.147. The number of carbonyl (C=O) groups excluding carboxylic acids is 2. The number of nitrogens with zero attached hydrogens (tertiary/aromatic N) is 5. The molecular weight excluding hydrogens is 745 g/mol. The molecule has 2 atom stereocenters. The van der Waals surface area contributed by atoms with Crippen LogP contribution in [0, 0.1) is 5.82 Å². The zero-order valence-electron chi connectivity index (χ0n) is 29.1. The lowest BCUT2D eigenvalue weighted by Gasteiger charge is -2.39. The Morgan fingerprint density at radius 1 is 1.09 bits per heavy atom. The van der Waals surface area contributed by atoms with E-state index in [4.69, 9.17) is 31.0 Å². The fourth-order valence-electron chi connectivity index (χ4n) is 7.12. The molecule has 0 unspecified atom stereocenters. The van der Waals surface area contributed by atoms with E-state index in [1.165, 1.54) is 6.07 Å². The highest BCUT2D eigenvalue weighted by Gasteiger charge is 2.50. The Bertz CT molecular complexity index is 2070. The minimum Gasteiger partial charge on any atom is -0.480 e. The van der Waals surface area contributed by atoms with E-state index in [0.29, 0.717) is 46.6 Å². The summed E-state index contributed by atoms with van der Waals surface area (Å²) in [6.07, 6.45) is 1.52. The molecular formula is C37H37ClF3N6O6Si. The van der Waals surface area contributed by atoms with Crippen molar-refractivity contribution in [3.05, 3.63) is 88.1 Å². The van der Waals surface area contributed by atoms with Crippen molar-refractivity contribution in [3.8, 4) is 5.88 Å². The number of aliphatic carboxylic acids is 1. The lowest BCUT2D eigenvalue weighted by atomic mass is 9.93. The van der Waals surface area contributed by atoms with Gasteiger partial charge in [-0.1, -0.05) is 23.7 Å². The minimum atomic E-state index is -3.32. The number of benzene rings is 2. The number of carbonyl (C=O) groups is 3. The van der Waals surface area contributed by atoms with E-state index < -0.39 is 60.3 Å². The van der Waals surface area contributed by atoms with Crippen LogP contribution in [0.4, 0.5) is 13.2 Å². The number of aromatic nitrogens is 3. The van der Waals surface area contributed by atoms with Crippen molar-refractivity contribution in [1.82, 2.24) is 29.7 Å². The second-order valence-electron chi connectivity index (χ2n) is 14.0. The number of halogens is 4. The molecule has 4 aromatic rings. The number of likely N-dealkylation sites (tertiary alicyclic amines) is 2. The molecule has 2 aromatic carbocycles. The summed E-state index contributed by atoms with van der Waals surface area (Å²) in [6.45, 7) is 1.58. The van der Waals surface area contributed by atoms with Crippen LogP contribution in [-0.4, -0.2) is 107 Å². The first-order chi connectivity index (χ1) is 25.8. The normalized spacial score (nSPS) is 21.6. The fourth-order valence-corrected chi connectivity index (χ4v) is 7.64. The van der Waals surface area contributed by atoms with Crippen molar-refractivity contribution in [2.45, 2.75) is 68.5 Å². The van der Waals surface area contributed by atoms with E-state index in [0.717, 1.165) is 49.4 Å². The Hall–Kier alpha value is -4.51. The number of piperidine rings is 1. The molecule has 3 fully saturated rings.